The summed E-state index contributed by atoms with van der Waals surface area (Å²) < 4.78 is 10.8. The van der Waals surface area contributed by atoms with Crippen LogP contribution in [0.4, 0.5) is 10.5 Å². The van der Waals surface area contributed by atoms with Crippen LogP contribution in [0.15, 0.2) is 48.5 Å². The molecule has 0 spiro atoms. The summed E-state index contributed by atoms with van der Waals surface area (Å²) in [6, 6.07) is 16.6. The highest BCUT2D eigenvalue weighted by Gasteiger charge is 2.10. The van der Waals surface area contributed by atoms with Gasteiger partial charge in [0.15, 0.2) is 0 Å². The molecule has 0 aliphatic rings. The highest BCUT2D eigenvalue weighted by atomic mass is 16.5. The van der Waals surface area contributed by atoms with Crippen LogP contribution < -0.4 is 15.4 Å². The number of para-hydroxylation sites is 1. The lowest BCUT2D eigenvalue weighted by Crippen LogP contribution is -2.38. The summed E-state index contributed by atoms with van der Waals surface area (Å²) in [4.78, 5) is 12.1. The molecule has 0 bridgehead atoms. The molecule has 6 nitrogen and oxygen atoms in total. The first-order chi connectivity index (χ1) is 12.6. The van der Waals surface area contributed by atoms with Gasteiger partial charge in [-0.05, 0) is 30.7 Å². The van der Waals surface area contributed by atoms with Crippen LogP contribution in [0.25, 0.3) is 0 Å². The molecule has 0 fully saturated rings. The van der Waals surface area contributed by atoms with Gasteiger partial charge in [-0.3, -0.25) is 0 Å². The third-order valence-electron chi connectivity index (χ3n) is 3.66. The van der Waals surface area contributed by atoms with Gasteiger partial charge >= 0.3 is 6.03 Å². The number of ether oxygens (including phenoxy) is 2. The molecule has 2 rings (SSSR count). The topological polar surface area (TPSA) is 83.4 Å². The number of carbonyl (C=O) groups excluding carboxylic acids is 1. The molecule has 0 aliphatic heterocycles. The van der Waals surface area contributed by atoms with Crippen LogP contribution in [0.5, 0.6) is 5.75 Å². The fraction of sp³-hybridized carbons (Fsp3) is 0.300. The summed E-state index contributed by atoms with van der Waals surface area (Å²) in [6.07, 6.45) is 0.379. The number of anilines is 1. The van der Waals surface area contributed by atoms with E-state index in [1.54, 1.807) is 7.11 Å². The molecule has 0 aliphatic carbocycles. The summed E-state index contributed by atoms with van der Waals surface area (Å²) >= 11 is 0. The first kappa shape index (κ1) is 19.3. The molecule has 6 heteroatoms. The predicted molar refractivity (Wildman–Crippen MR) is 100 cm³/mol. The maximum atomic E-state index is 12.1. The van der Waals surface area contributed by atoms with Crippen molar-refractivity contribution in [3.63, 3.8) is 0 Å². The Bertz CT molecular complexity index is 754. The SMILES string of the molecule is COCC(C)NC(=O)Nc1ccccc1COc1ccc(CC#N)cc1. The summed E-state index contributed by atoms with van der Waals surface area (Å²) in [7, 11) is 1.59. The Hall–Kier alpha value is -3.04. The van der Waals surface area contributed by atoms with Crippen molar-refractivity contribution in [1.82, 2.24) is 5.32 Å². The average Bonchev–Trinajstić information content (AvgIpc) is 2.62. The number of benzene rings is 2. The summed E-state index contributed by atoms with van der Waals surface area (Å²) in [5, 5.41) is 14.3. The normalized spacial score (nSPS) is 11.3. The minimum Gasteiger partial charge on any atom is -0.489 e. The van der Waals surface area contributed by atoms with E-state index in [-0.39, 0.29) is 12.1 Å². The molecule has 2 amide bonds. The van der Waals surface area contributed by atoms with Crippen molar-refractivity contribution in [3.05, 3.63) is 59.7 Å². The van der Waals surface area contributed by atoms with Gasteiger partial charge in [0.2, 0.25) is 0 Å². The summed E-state index contributed by atoms with van der Waals surface area (Å²) in [6.45, 7) is 2.63. The second kappa shape index (κ2) is 10.1. The Morgan fingerprint density at radius 3 is 2.62 bits per heavy atom. The molecular formula is C20H23N3O3. The average molecular weight is 353 g/mol. The second-order valence-corrected chi connectivity index (χ2v) is 5.88. The van der Waals surface area contributed by atoms with Crippen molar-refractivity contribution in [2.24, 2.45) is 0 Å². The third kappa shape index (κ3) is 6.11. The van der Waals surface area contributed by atoms with Crippen molar-refractivity contribution in [2.45, 2.75) is 26.0 Å². The number of nitrogens with zero attached hydrogens (tertiary/aromatic N) is 1. The Labute approximate surface area is 153 Å². The standard InChI is InChI=1S/C20H23N3O3/c1-15(13-25-2)22-20(24)23-19-6-4-3-5-17(19)14-26-18-9-7-16(8-10-18)11-12-21/h3-10,15H,11,13-14H2,1-2H3,(H2,22,23,24). The molecule has 2 aromatic carbocycles. The van der Waals surface area contributed by atoms with Crippen molar-refractivity contribution in [3.8, 4) is 11.8 Å². The number of hydrogen-bond donors (Lipinski definition) is 2. The Balaban J connectivity index is 1.95. The maximum Gasteiger partial charge on any atom is 0.319 e. The van der Waals surface area contributed by atoms with E-state index >= 15 is 0 Å². The van der Waals surface area contributed by atoms with E-state index in [0.29, 0.717) is 31.1 Å². The first-order valence-electron chi connectivity index (χ1n) is 8.35. The molecule has 0 radical (unpaired) electrons. The molecule has 1 atom stereocenters. The van der Waals surface area contributed by atoms with Gasteiger partial charge in [-0.25, -0.2) is 4.79 Å². The lowest BCUT2D eigenvalue weighted by Gasteiger charge is -2.16. The Kier molecular flexibility index (Phi) is 7.47. The van der Waals surface area contributed by atoms with E-state index in [1.165, 1.54) is 0 Å². The minimum atomic E-state index is -0.289. The van der Waals surface area contributed by atoms with Crippen molar-refractivity contribution in [1.29, 1.82) is 5.26 Å². The number of amides is 2. The van der Waals surface area contributed by atoms with Gasteiger partial charge in [-0.15, -0.1) is 0 Å². The van der Waals surface area contributed by atoms with Crippen LogP contribution in [-0.2, 0) is 17.8 Å². The molecule has 2 N–H and O–H groups in total. The van der Waals surface area contributed by atoms with Crippen LogP contribution in [0.3, 0.4) is 0 Å². The van der Waals surface area contributed by atoms with Gasteiger partial charge in [0.05, 0.1) is 25.1 Å². The third-order valence-corrected chi connectivity index (χ3v) is 3.66. The Morgan fingerprint density at radius 2 is 1.92 bits per heavy atom. The molecule has 0 aromatic heterocycles. The zero-order valence-corrected chi connectivity index (χ0v) is 15.0. The number of nitriles is 1. The maximum absolute atomic E-state index is 12.1. The molecule has 1 unspecified atom stereocenters. The highest BCUT2D eigenvalue weighted by Crippen LogP contribution is 2.19. The minimum absolute atomic E-state index is 0.0877. The monoisotopic (exact) mass is 353 g/mol. The van der Waals surface area contributed by atoms with Gasteiger partial charge in [0.25, 0.3) is 0 Å². The van der Waals surface area contributed by atoms with Crippen LogP contribution in [-0.4, -0.2) is 25.8 Å². The van der Waals surface area contributed by atoms with Crippen molar-refractivity contribution < 1.29 is 14.3 Å². The number of rotatable bonds is 8. The molecular weight excluding hydrogens is 330 g/mol. The zero-order valence-electron chi connectivity index (χ0n) is 15.0. The Morgan fingerprint density at radius 1 is 1.19 bits per heavy atom. The van der Waals surface area contributed by atoms with Crippen LogP contribution in [0, 0.1) is 11.3 Å². The van der Waals surface area contributed by atoms with E-state index in [9.17, 15) is 4.79 Å². The zero-order chi connectivity index (χ0) is 18.8. The molecule has 0 saturated carbocycles. The number of carbonyl (C=O) groups is 1. The van der Waals surface area contributed by atoms with E-state index in [1.807, 2.05) is 55.5 Å². The largest absolute Gasteiger partial charge is 0.489 e. The lowest BCUT2D eigenvalue weighted by molar-refractivity contribution is 0.173. The smallest absolute Gasteiger partial charge is 0.319 e. The van der Waals surface area contributed by atoms with Gasteiger partial charge in [0, 0.05) is 18.4 Å². The van der Waals surface area contributed by atoms with Crippen LogP contribution >= 0.6 is 0 Å². The van der Waals surface area contributed by atoms with Crippen LogP contribution in [0.1, 0.15) is 18.1 Å². The van der Waals surface area contributed by atoms with Gasteiger partial charge in [-0.1, -0.05) is 30.3 Å². The molecule has 0 heterocycles. The molecule has 0 saturated heterocycles. The number of hydrogen-bond acceptors (Lipinski definition) is 4. The quantitative estimate of drug-likeness (QED) is 0.761. The molecule has 136 valence electrons. The van der Waals surface area contributed by atoms with Crippen LogP contribution in [0.2, 0.25) is 0 Å². The summed E-state index contributed by atoms with van der Waals surface area (Å²) in [5.74, 6) is 0.708. The first-order valence-corrected chi connectivity index (χ1v) is 8.35. The number of nitrogens with one attached hydrogen (secondary N) is 2. The lowest BCUT2D eigenvalue weighted by atomic mass is 10.1. The fourth-order valence-electron chi connectivity index (χ4n) is 2.40. The number of urea groups is 1. The van der Waals surface area contributed by atoms with Crippen molar-refractivity contribution in [2.75, 3.05) is 19.0 Å². The molecule has 26 heavy (non-hydrogen) atoms. The van der Waals surface area contributed by atoms with Crippen molar-refractivity contribution >= 4 is 11.7 Å². The van der Waals surface area contributed by atoms with Gasteiger partial charge in [-0.2, -0.15) is 5.26 Å². The van der Waals surface area contributed by atoms with E-state index < -0.39 is 0 Å². The number of methoxy groups -OCH3 is 1. The van der Waals surface area contributed by atoms with E-state index in [0.717, 1.165) is 11.1 Å². The highest BCUT2D eigenvalue weighted by molar-refractivity contribution is 5.90. The summed E-state index contributed by atoms with van der Waals surface area (Å²) in [5.41, 5.74) is 2.50. The fourth-order valence-corrected chi connectivity index (χ4v) is 2.40. The van der Waals surface area contributed by atoms with E-state index in [2.05, 4.69) is 16.7 Å². The van der Waals surface area contributed by atoms with Gasteiger partial charge < -0.3 is 20.1 Å². The predicted octanol–water partition coefficient (Wildman–Crippen LogP) is 3.49. The second-order valence-electron chi connectivity index (χ2n) is 5.88. The van der Waals surface area contributed by atoms with Gasteiger partial charge in [0.1, 0.15) is 12.4 Å². The molecule has 2 aromatic rings. The van der Waals surface area contributed by atoms with E-state index in [4.69, 9.17) is 14.7 Å².